The predicted molar refractivity (Wildman–Crippen MR) is 118 cm³/mol. The molecule has 1 rings (SSSR count). The van der Waals surface area contributed by atoms with Crippen LogP contribution in [0.15, 0.2) is 24.3 Å². The fraction of sp³-hybridized carbons (Fsp3) is 0.750. The van der Waals surface area contributed by atoms with Crippen LogP contribution in [0, 0.1) is 0 Å². The molecule has 1 unspecified atom stereocenters. The van der Waals surface area contributed by atoms with Gasteiger partial charge >= 0.3 is 0 Å². The Labute approximate surface area is 167 Å². The molecule has 0 amide bonds. The minimum absolute atomic E-state index is 0.181. The van der Waals surface area contributed by atoms with Gasteiger partial charge in [0.05, 0.1) is 11.8 Å². The van der Waals surface area contributed by atoms with Crippen LogP contribution in [-0.2, 0) is 0 Å². The van der Waals surface area contributed by atoms with Crippen molar-refractivity contribution in [1.29, 1.82) is 0 Å². The number of benzene rings is 1. The van der Waals surface area contributed by atoms with Crippen molar-refractivity contribution in [3.8, 4) is 5.75 Å². The third-order valence-corrected chi connectivity index (χ3v) is 5.32. The van der Waals surface area contributed by atoms with Crippen molar-refractivity contribution in [2.75, 3.05) is 11.9 Å². The van der Waals surface area contributed by atoms with Crippen LogP contribution >= 0.6 is 0 Å². The van der Waals surface area contributed by atoms with Crippen molar-refractivity contribution in [2.24, 2.45) is 0 Å². The first-order valence-corrected chi connectivity index (χ1v) is 11.4. The van der Waals surface area contributed by atoms with E-state index in [9.17, 15) is 10.2 Å². The third kappa shape index (κ3) is 13.6. The molecule has 0 saturated heterocycles. The van der Waals surface area contributed by atoms with Crippen molar-refractivity contribution >= 4 is 5.69 Å². The monoisotopic (exact) mass is 377 g/mol. The molecule has 0 aliphatic rings. The molecule has 3 nitrogen and oxygen atoms in total. The predicted octanol–water partition coefficient (Wildman–Crippen LogP) is 7.04. The molecule has 1 atom stereocenters. The number of phenols is 1. The van der Waals surface area contributed by atoms with Gasteiger partial charge in [0.1, 0.15) is 5.75 Å². The van der Waals surface area contributed by atoms with Gasteiger partial charge in [-0.3, -0.25) is 0 Å². The maximum atomic E-state index is 10.1. The summed E-state index contributed by atoms with van der Waals surface area (Å²) in [5.41, 5.74) is 0.771. The number of aliphatic hydroxyl groups excluding tert-OH is 1. The number of phenolic OH excluding ortho intramolecular Hbond substituents is 1. The highest BCUT2D eigenvalue weighted by molar-refractivity contribution is 5.54. The quantitative estimate of drug-likeness (QED) is 0.190. The van der Waals surface area contributed by atoms with Gasteiger partial charge in [-0.25, -0.2) is 0 Å². The smallest absolute Gasteiger partial charge is 0.138 e. The minimum Gasteiger partial charge on any atom is -0.506 e. The first-order chi connectivity index (χ1) is 13.2. The summed E-state index contributed by atoms with van der Waals surface area (Å²) in [5.74, 6) is 0.287. The Bertz CT molecular complexity index is 450. The molecule has 0 aliphatic carbocycles. The van der Waals surface area contributed by atoms with Gasteiger partial charge in [0.15, 0.2) is 0 Å². The summed E-state index contributed by atoms with van der Waals surface area (Å²) in [6, 6.07) is 7.28. The van der Waals surface area contributed by atoms with Crippen molar-refractivity contribution in [2.45, 2.75) is 109 Å². The van der Waals surface area contributed by atoms with Crippen LogP contribution in [0.4, 0.5) is 5.69 Å². The van der Waals surface area contributed by atoms with E-state index in [1.54, 1.807) is 6.07 Å². The molecule has 0 aliphatic heterocycles. The molecule has 0 bridgehead atoms. The Morgan fingerprint density at radius 2 is 1.26 bits per heavy atom. The van der Waals surface area contributed by atoms with Gasteiger partial charge in [-0.2, -0.15) is 0 Å². The van der Waals surface area contributed by atoms with Gasteiger partial charge in [0.25, 0.3) is 0 Å². The molecule has 0 fully saturated rings. The highest BCUT2D eigenvalue weighted by atomic mass is 16.3. The Morgan fingerprint density at radius 3 is 1.85 bits per heavy atom. The highest BCUT2D eigenvalue weighted by Crippen LogP contribution is 2.21. The number of rotatable bonds is 18. The van der Waals surface area contributed by atoms with Crippen molar-refractivity contribution < 1.29 is 10.2 Å². The van der Waals surface area contributed by atoms with E-state index in [-0.39, 0.29) is 11.9 Å². The number of para-hydroxylation sites is 2. The molecular weight excluding hydrogens is 334 g/mol. The molecule has 27 heavy (non-hydrogen) atoms. The zero-order valence-corrected chi connectivity index (χ0v) is 17.6. The summed E-state index contributed by atoms with van der Waals surface area (Å²) < 4.78 is 0. The number of aromatic hydroxyl groups is 1. The van der Waals surface area contributed by atoms with Gasteiger partial charge in [-0.15, -0.1) is 0 Å². The number of aliphatic hydroxyl groups is 1. The first kappa shape index (κ1) is 23.8. The number of hydrogen-bond donors (Lipinski definition) is 3. The molecule has 1 aromatic rings. The van der Waals surface area contributed by atoms with Crippen LogP contribution in [0.1, 0.15) is 103 Å². The van der Waals surface area contributed by atoms with Crippen LogP contribution in [0.2, 0.25) is 0 Å². The minimum atomic E-state index is -0.181. The van der Waals surface area contributed by atoms with Crippen molar-refractivity contribution in [3.05, 3.63) is 24.3 Å². The van der Waals surface area contributed by atoms with E-state index in [1.807, 2.05) is 18.2 Å². The Kier molecular flexibility index (Phi) is 14.9. The lowest BCUT2D eigenvalue weighted by Crippen LogP contribution is -2.10. The van der Waals surface area contributed by atoms with E-state index < -0.39 is 0 Å². The third-order valence-electron chi connectivity index (χ3n) is 5.32. The maximum Gasteiger partial charge on any atom is 0.138 e. The standard InChI is InChI=1S/C24H43NO2/c1-2-3-4-5-6-7-8-9-10-11-12-13-17-22(26)18-16-21-25-23-19-14-15-20-24(23)27/h14-15,19-20,22,25-27H,2-13,16-18,21H2,1H3. The summed E-state index contributed by atoms with van der Waals surface area (Å²) in [6.07, 6.45) is 18.8. The van der Waals surface area contributed by atoms with Crippen LogP contribution in [0.3, 0.4) is 0 Å². The van der Waals surface area contributed by atoms with Gasteiger partial charge in [0, 0.05) is 6.54 Å². The van der Waals surface area contributed by atoms with Crippen LogP contribution in [0.25, 0.3) is 0 Å². The van der Waals surface area contributed by atoms with E-state index >= 15 is 0 Å². The second-order valence-corrected chi connectivity index (χ2v) is 7.92. The van der Waals surface area contributed by atoms with Crippen LogP contribution in [-0.4, -0.2) is 22.9 Å². The van der Waals surface area contributed by atoms with Crippen LogP contribution in [0.5, 0.6) is 5.75 Å². The van der Waals surface area contributed by atoms with E-state index in [4.69, 9.17) is 0 Å². The second-order valence-electron chi connectivity index (χ2n) is 7.92. The number of anilines is 1. The van der Waals surface area contributed by atoms with Gasteiger partial charge in [0.2, 0.25) is 0 Å². The Balaban J connectivity index is 1.83. The first-order valence-electron chi connectivity index (χ1n) is 11.4. The van der Waals surface area contributed by atoms with E-state index in [0.29, 0.717) is 0 Å². The fourth-order valence-corrected chi connectivity index (χ4v) is 3.55. The fourth-order valence-electron chi connectivity index (χ4n) is 3.55. The average Bonchev–Trinajstić information content (AvgIpc) is 2.67. The average molecular weight is 378 g/mol. The van der Waals surface area contributed by atoms with E-state index in [1.165, 1.54) is 70.6 Å². The number of nitrogens with one attached hydrogen (secondary N) is 1. The molecule has 3 heteroatoms. The van der Waals surface area contributed by atoms with Gasteiger partial charge < -0.3 is 15.5 Å². The summed E-state index contributed by atoms with van der Waals surface area (Å²) in [5, 5.41) is 23.0. The van der Waals surface area contributed by atoms with Crippen LogP contribution < -0.4 is 5.32 Å². The number of hydrogen-bond acceptors (Lipinski definition) is 3. The van der Waals surface area contributed by atoms with Gasteiger partial charge in [-0.1, -0.05) is 96.1 Å². The second kappa shape index (κ2) is 16.9. The van der Waals surface area contributed by atoms with Gasteiger partial charge in [-0.05, 0) is 31.4 Å². The zero-order chi connectivity index (χ0) is 19.6. The maximum absolute atomic E-state index is 10.1. The van der Waals surface area contributed by atoms with E-state index in [0.717, 1.165) is 37.9 Å². The normalized spacial score (nSPS) is 12.2. The molecule has 0 aromatic heterocycles. The number of unbranched alkanes of at least 4 members (excludes halogenated alkanes) is 11. The lowest BCUT2D eigenvalue weighted by atomic mass is 10.0. The largest absolute Gasteiger partial charge is 0.506 e. The molecule has 3 N–H and O–H groups in total. The Morgan fingerprint density at radius 1 is 0.741 bits per heavy atom. The topological polar surface area (TPSA) is 52.5 Å². The molecular formula is C24H43NO2. The summed E-state index contributed by atoms with van der Waals surface area (Å²) in [7, 11) is 0. The molecule has 156 valence electrons. The molecule has 0 saturated carbocycles. The molecule has 1 aromatic carbocycles. The lowest BCUT2D eigenvalue weighted by Gasteiger charge is -2.12. The molecule has 0 radical (unpaired) electrons. The Hall–Kier alpha value is -1.22. The zero-order valence-electron chi connectivity index (χ0n) is 17.6. The van der Waals surface area contributed by atoms with Crippen molar-refractivity contribution in [3.63, 3.8) is 0 Å². The van der Waals surface area contributed by atoms with Crippen molar-refractivity contribution in [1.82, 2.24) is 0 Å². The molecule has 0 spiro atoms. The lowest BCUT2D eigenvalue weighted by molar-refractivity contribution is 0.149. The molecule has 0 heterocycles. The summed E-state index contributed by atoms with van der Waals surface area (Å²) in [4.78, 5) is 0. The SMILES string of the molecule is CCCCCCCCCCCCCCC(O)CCCNc1ccccc1O. The van der Waals surface area contributed by atoms with E-state index in [2.05, 4.69) is 12.2 Å². The summed E-state index contributed by atoms with van der Waals surface area (Å²) >= 11 is 0. The highest BCUT2D eigenvalue weighted by Gasteiger charge is 2.04. The summed E-state index contributed by atoms with van der Waals surface area (Å²) in [6.45, 7) is 3.06.